The predicted octanol–water partition coefficient (Wildman–Crippen LogP) is 4.70. The molecule has 0 saturated carbocycles. The highest BCUT2D eigenvalue weighted by Crippen LogP contribution is 2.26. The van der Waals surface area contributed by atoms with E-state index in [4.69, 9.17) is 4.74 Å². The molecule has 3 aromatic rings. The first-order chi connectivity index (χ1) is 14.7. The number of nitrogens with zero attached hydrogens (tertiary/aromatic N) is 1. The molecule has 1 amide bonds. The smallest absolute Gasteiger partial charge is 0.265 e. The Morgan fingerprint density at radius 3 is 2.58 bits per heavy atom. The van der Waals surface area contributed by atoms with Crippen LogP contribution in [0.4, 0.5) is 5.69 Å². The quantitative estimate of drug-likeness (QED) is 0.606. The molecule has 31 heavy (non-hydrogen) atoms. The molecule has 3 rings (SSSR count). The molecule has 1 unspecified atom stereocenters. The zero-order valence-corrected chi connectivity index (χ0v) is 18.7. The minimum absolute atomic E-state index is 0.00457. The Labute approximate surface area is 182 Å². The van der Waals surface area contributed by atoms with Crippen molar-refractivity contribution in [2.24, 2.45) is 0 Å². The summed E-state index contributed by atoms with van der Waals surface area (Å²) in [4.78, 5) is 31.8. The van der Waals surface area contributed by atoms with E-state index in [1.807, 2.05) is 37.3 Å². The minimum atomic E-state index is -0.680. The monoisotopic (exact) mass is 419 g/mol. The van der Waals surface area contributed by atoms with Gasteiger partial charge in [-0.05, 0) is 48.6 Å². The molecule has 0 bridgehead atoms. The number of benzene rings is 2. The molecule has 0 aliphatic heterocycles. The molecule has 0 aliphatic carbocycles. The number of aromatic nitrogens is 2. The molecule has 6 heteroatoms. The van der Waals surface area contributed by atoms with Crippen molar-refractivity contribution in [1.82, 2.24) is 9.97 Å². The van der Waals surface area contributed by atoms with Gasteiger partial charge in [-0.25, -0.2) is 4.98 Å². The van der Waals surface area contributed by atoms with Gasteiger partial charge >= 0.3 is 0 Å². The summed E-state index contributed by atoms with van der Waals surface area (Å²) in [5, 5.41) is 2.88. The number of aromatic amines is 1. The average Bonchev–Trinajstić information content (AvgIpc) is 2.73. The number of rotatable bonds is 6. The average molecular weight is 420 g/mol. The number of hydrogen-bond acceptors (Lipinski definition) is 4. The van der Waals surface area contributed by atoms with Gasteiger partial charge in [0.15, 0.2) is 6.10 Å². The van der Waals surface area contributed by atoms with E-state index >= 15 is 0 Å². The lowest BCUT2D eigenvalue weighted by Crippen LogP contribution is -2.30. The van der Waals surface area contributed by atoms with Crippen molar-refractivity contribution in [2.75, 3.05) is 5.32 Å². The lowest BCUT2D eigenvalue weighted by Gasteiger charge is -2.21. The van der Waals surface area contributed by atoms with E-state index in [9.17, 15) is 9.59 Å². The van der Waals surface area contributed by atoms with Crippen LogP contribution in [0.2, 0.25) is 0 Å². The van der Waals surface area contributed by atoms with Crippen molar-refractivity contribution in [2.45, 2.75) is 52.6 Å². The Balaban J connectivity index is 1.73. The van der Waals surface area contributed by atoms with Crippen LogP contribution in [0.1, 0.15) is 45.9 Å². The molecule has 6 nitrogen and oxygen atoms in total. The molecular weight excluding hydrogens is 390 g/mol. The van der Waals surface area contributed by atoms with Crippen LogP contribution >= 0.6 is 0 Å². The summed E-state index contributed by atoms with van der Waals surface area (Å²) in [5.74, 6) is 0.868. The second kappa shape index (κ2) is 9.16. The molecule has 2 N–H and O–H groups in total. The molecule has 0 radical (unpaired) electrons. The summed E-state index contributed by atoms with van der Waals surface area (Å²) in [7, 11) is 0. The van der Waals surface area contributed by atoms with E-state index in [2.05, 4.69) is 42.1 Å². The standard InChI is InChI=1S/C25H29N3O3/c1-6-19-15-22(29)28-23(26-19)17-9-7-11-20(13-17)27-24(30)16(2)31-21-12-8-10-18(14-21)25(3,4)5/h7-16H,6H2,1-5H3,(H,27,30)(H,26,28,29). The van der Waals surface area contributed by atoms with Crippen molar-refractivity contribution in [3.8, 4) is 17.1 Å². The zero-order chi connectivity index (χ0) is 22.6. The third-order valence-electron chi connectivity index (χ3n) is 4.94. The molecule has 162 valence electrons. The largest absolute Gasteiger partial charge is 0.481 e. The number of ether oxygens (including phenoxy) is 1. The molecule has 0 saturated heterocycles. The number of carbonyl (C=O) groups excluding carboxylic acids is 1. The third-order valence-corrected chi connectivity index (χ3v) is 4.94. The Hall–Kier alpha value is -3.41. The van der Waals surface area contributed by atoms with Crippen LogP contribution < -0.4 is 15.6 Å². The van der Waals surface area contributed by atoms with Gasteiger partial charge in [-0.1, -0.05) is 52.0 Å². The van der Waals surface area contributed by atoms with Crippen LogP contribution in [0.25, 0.3) is 11.4 Å². The first kappa shape index (κ1) is 22.3. The van der Waals surface area contributed by atoms with Gasteiger partial charge in [-0.2, -0.15) is 0 Å². The van der Waals surface area contributed by atoms with Gasteiger partial charge in [-0.15, -0.1) is 0 Å². The highest BCUT2D eigenvalue weighted by Gasteiger charge is 2.18. The normalized spacial score (nSPS) is 12.3. The maximum atomic E-state index is 12.7. The first-order valence-electron chi connectivity index (χ1n) is 10.4. The fourth-order valence-electron chi connectivity index (χ4n) is 3.11. The summed E-state index contributed by atoms with van der Waals surface area (Å²) < 4.78 is 5.87. The van der Waals surface area contributed by atoms with E-state index in [1.54, 1.807) is 19.1 Å². The minimum Gasteiger partial charge on any atom is -0.481 e. The van der Waals surface area contributed by atoms with Gasteiger partial charge in [0.25, 0.3) is 11.5 Å². The maximum absolute atomic E-state index is 12.7. The number of aryl methyl sites for hydroxylation is 1. The van der Waals surface area contributed by atoms with Crippen LogP contribution in [0.5, 0.6) is 5.75 Å². The number of hydrogen-bond donors (Lipinski definition) is 2. The zero-order valence-electron chi connectivity index (χ0n) is 18.7. The first-order valence-corrected chi connectivity index (χ1v) is 10.4. The molecule has 2 aromatic carbocycles. The molecular formula is C25H29N3O3. The molecule has 1 atom stereocenters. The molecule has 0 spiro atoms. The summed E-state index contributed by atoms with van der Waals surface area (Å²) in [5.41, 5.74) is 2.97. The van der Waals surface area contributed by atoms with Gasteiger partial charge in [0.2, 0.25) is 0 Å². The van der Waals surface area contributed by atoms with Crippen LogP contribution in [0.15, 0.2) is 59.4 Å². The van der Waals surface area contributed by atoms with Crippen molar-refractivity contribution in [1.29, 1.82) is 0 Å². The molecule has 1 heterocycles. The second-order valence-corrected chi connectivity index (χ2v) is 8.55. The fraction of sp³-hybridized carbons (Fsp3) is 0.320. The number of anilines is 1. The highest BCUT2D eigenvalue weighted by atomic mass is 16.5. The number of carbonyl (C=O) groups is 1. The third kappa shape index (κ3) is 5.81. The van der Waals surface area contributed by atoms with Gasteiger partial charge in [0, 0.05) is 23.0 Å². The van der Waals surface area contributed by atoms with Crippen LogP contribution in [-0.4, -0.2) is 22.0 Å². The Kier molecular flexibility index (Phi) is 6.59. The van der Waals surface area contributed by atoms with Crippen LogP contribution in [0.3, 0.4) is 0 Å². The predicted molar refractivity (Wildman–Crippen MR) is 124 cm³/mol. The van der Waals surface area contributed by atoms with Gasteiger partial charge in [-0.3, -0.25) is 9.59 Å². The van der Waals surface area contributed by atoms with E-state index < -0.39 is 6.10 Å². The van der Waals surface area contributed by atoms with E-state index in [0.29, 0.717) is 29.4 Å². The van der Waals surface area contributed by atoms with Crippen LogP contribution in [0, 0.1) is 0 Å². The molecule has 1 aromatic heterocycles. The summed E-state index contributed by atoms with van der Waals surface area (Å²) in [6.07, 6.45) is -0.0151. The van der Waals surface area contributed by atoms with Crippen molar-refractivity contribution >= 4 is 11.6 Å². The van der Waals surface area contributed by atoms with Gasteiger partial charge < -0.3 is 15.0 Å². The lowest BCUT2D eigenvalue weighted by molar-refractivity contribution is -0.122. The summed E-state index contributed by atoms with van der Waals surface area (Å²) in [6.45, 7) is 10.1. The Morgan fingerprint density at radius 2 is 1.87 bits per heavy atom. The van der Waals surface area contributed by atoms with Crippen LogP contribution in [-0.2, 0) is 16.6 Å². The summed E-state index contributed by atoms with van der Waals surface area (Å²) in [6, 6.07) is 16.5. The van der Waals surface area contributed by atoms with Crippen molar-refractivity contribution < 1.29 is 9.53 Å². The van der Waals surface area contributed by atoms with Gasteiger partial charge in [0.05, 0.1) is 0 Å². The number of H-pyrrole nitrogens is 1. The lowest BCUT2D eigenvalue weighted by atomic mass is 9.87. The SMILES string of the molecule is CCc1cc(=O)[nH]c(-c2cccc(NC(=O)C(C)Oc3cccc(C(C)(C)C)c3)c2)n1. The Morgan fingerprint density at radius 1 is 1.13 bits per heavy atom. The van der Waals surface area contributed by atoms with E-state index in [0.717, 1.165) is 11.1 Å². The fourth-order valence-corrected chi connectivity index (χ4v) is 3.11. The van der Waals surface area contributed by atoms with E-state index in [1.165, 1.54) is 6.07 Å². The number of nitrogens with one attached hydrogen (secondary N) is 2. The Bertz CT molecular complexity index is 1130. The molecule has 0 aliphatic rings. The number of amides is 1. The topological polar surface area (TPSA) is 84.1 Å². The highest BCUT2D eigenvalue weighted by molar-refractivity contribution is 5.94. The summed E-state index contributed by atoms with van der Waals surface area (Å²) >= 11 is 0. The van der Waals surface area contributed by atoms with Gasteiger partial charge in [0.1, 0.15) is 11.6 Å². The second-order valence-electron chi connectivity index (χ2n) is 8.55. The van der Waals surface area contributed by atoms with Crippen molar-refractivity contribution in [3.05, 3.63) is 76.2 Å². The molecule has 0 fully saturated rings. The van der Waals surface area contributed by atoms with E-state index in [-0.39, 0.29) is 16.9 Å². The maximum Gasteiger partial charge on any atom is 0.265 e. The van der Waals surface area contributed by atoms with Crippen molar-refractivity contribution in [3.63, 3.8) is 0 Å².